The maximum absolute atomic E-state index is 13.6. The van der Waals surface area contributed by atoms with Crippen molar-refractivity contribution in [3.63, 3.8) is 0 Å². The lowest BCUT2D eigenvalue weighted by atomic mass is 9.75. The van der Waals surface area contributed by atoms with E-state index in [1.54, 1.807) is 17.5 Å². The van der Waals surface area contributed by atoms with Gasteiger partial charge in [-0.05, 0) is 37.7 Å². The van der Waals surface area contributed by atoms with Crippen molar-refractivity contribution in [3.8, 4) is 17.3 Å². The first-order chi connectivity index (χ1) is 15.5. The number of thiazole rings is 1. The number of nitriles is 1. The van der Waals surface area contributed by atoms with Crippen LogP contribution in [0.2, 0.25) is 0 Å². The minimum Gasteiger partial charge on any atom is -0.381 e. The van der Waals surface area contributed by atoms with Crippen LogP contribution in [0.4, 0.5) is 5.82 Å². The van der Waals surface area contributed by atoms with Crippen molar-refractivity contribution in [2.75, 3.05) is 18.6 Å². The maximum atomic E-state index is 13.6. The Morgan fingerprint density at radius 3 is 2.88 bits per heavy atom. The van der Waals surface area contributed by atoms with Crippen LogP contribution < -0.4 is 4.90 Å². The van der Waals surface area contributed by atoms with E-state index in [1.807, 2.05) is 30.1 Å². The van der Waals surface area contributed by atoms with E-state index in [9.17, 15) is 10.1 Å². The first kappa shape index (κ1) is 19.8. The summed E-state index contributed by atoms with van der Waals surface area (Å²) < 4.78 is 8.25. The van der Waals surface area contributed by atoms with Gasteiger partial charge in [-0.2, -0.15) is 10.4 Å². The Bertz CT molecular complexity index is 1250. The largest absolute Gasteiger partial charge is 0.381 e. The highest BCUT2D eigenvalue weighted by Gasteiger charge is 2.61. The zero-order chi connectivity index (χ0) is 22.0. The zero-order valence-electron chi connectivity index (χ0n) is 18.1. The summed E-state index contributed by atoms with van der Waals surface area (Å²) in [5, 5.41) is 14.6. The lowest BCUT2D eigenvalue weighted by Crippen LogP contribution is -2.37. The van der Waals surface area contributed by atoms with Crippen LogP contribution in [0.15, 0.2) is 24.0 Å². The van der Waals surface area contributed by atoms with Gasteiger partial charge in [0.05, 0.1) is 45.8 Å². The van der Waals surface area contributed by atoms with Crippen molar-refractivity contribution in [1.82, 2.24) is 19.7 Å². The van der Waals surface area contributed by atoms with Crippen LogP contribution in [-0.2, 0) is 9.53 Å². The number of nitrogens with zero attached hydrogens (tertiary/aromatic N) is 6. The fourth-order valence-corrected chi connectivity index (χ4v) is 6.05. The molecular formula is C23H24N6O2S. The summed E-state index contributed by atoms with van der Waals surface area (Å²) in [5.41, 5.74) is 3.31. The topological polar surface area (TPSA) is 96.9 Å². The number of aromatic nitrogens is 4. The van der Waals surface area contributed by atoms with Crippen LogP contribution in [0, 0.1) is 28.6 Å². The summed E-state index contributed by atoms with van der Waals surface area (Å²) in [4.78, 5) is 24.7. The molecule has 2 atom stereocenters. The average Bonchev–Trinajstić information content (AvgIpc) is 3.20. The number of methoxy groups -OCH3 is 1. The summed E-state index contributed by atoms with van der Waals surface area (Å²) >= 11 is 1.48. The summed E-state index contributed by atoms with van der Waals surface area (Å²) in [5.74, 6) is 0.642. The van der Waals surface area contributed by atoms with Gasteiger partial charge in [0.25, 0.3) is 0 Å². The normalized spacial score (nSPS) is 30.0. The Balaban J connectivity index is 1.38. The molecule has 1 saturated heterocycles. The smallest absolute Gasteiger partial charge is 0.249 e. The second-order valence-corrected chi connectivity index (χ2v) is 10.2. The number of hydrogen-bond donors (Lipinski definition) is 0. The third-order valence-corrected chi connectivity index (χ3v) is 8.31. The van der Waals surface area contributed by atoms with E-state index in [-0.39, 0.29) is 17.7 Å². The molecule has 0 aromatic carbocycles. The number of ether oxygens (including phenoxy) is 1. The fourth-order valence-electron chi connectivity index (χ4n) is 5.28. The molecule has 0 N–H and O–H groups in total. The molecule has 8 nitrogen and oxygen atoms in total. The summed E-state index contributed by atoms with van der Waals surface area (Å²) in [6, 6.07) is 4.71. The quantitative estimate of drug-likeness (QED) is 0.589. The molecule has 1 aliphatic heterocycles. The molecule has 32 heavy (non-hydrogen) atoms. The van der Waals surface area contributed by atoms with E-state index in [0.717, 1.165) is 47.2 Å². The molecule has 3 aromatic heterocycles. The van der Waals surface area contributed by atoms with Crippen LogP contribution in [0.25, 0.3) is 21.5 Å². The molecule has 0 unspecified atom stereocenters. The second kappa shape index (κ2) is 7.09. The Morgan fingerprint density at radius 2 is 2.16 bits per heavy atom. The zero-order valence-corrected chi connectivity index (χ0v) is 18.9. The number of carbonyl (C=O) groups excluding carboxylic acids is 1. The van der Waals surface area contributed by atoms with Gasteiger partial charge in [-0.25, -0.2) is 9.97 Å². The van der Waals surface area contributed by atoms with E-state index in [4.69, 9.17) is 9.72 Å². The maximum Gasteiger partial charge on any atom is 0.249 e. The van der Waals surface area contributed by atoms with E-state index in [1.165, 1.54) is 11.3 Å². The van der Waals surface area contributed by atoms with Gasteiger partial charge in [-0.3, -0.25) is 14.4 Å². The third-order valence-electron chi connectivity index (χ3n) is 7.47. The second-order valence-electron chi connectivity index (χ2n) is 9.30. The van der Waals surface area contributed by atoms with Gasteiger partial charge in [-0.15, -0.1) is 11.3 Å². The minimum absolute atomic E-state index is 0.0315. The molecule has 3 aliphatic rings. The van der Waals surface area contributed by atoms with Crippen molar-refractivity contribution in [1.29, 1.82) is 5.26 Å². The van der Waals surface area contributed by atoms with Crippen molar-refractivity contribution < 1.29 is 9.53 Å². The van der Waals surface area contributed by atoms with E-state index < -0.39 is 5.41 Å². The van der Waals surface area contributed by atoms with Crippen molar-refractivity contribution in [3.05, 3.63) is 24.0 Å². The molecule has 2 aliphatic carbocycles. The van der Waals surface area contributed by atoms with E-state index in [0.29, 0.717) is 24.5 Å². The Morgan fingerprint density at radius 1 is 1.34 bits per heavy atom. The molecule has 3 fully saturated rings. The Labute approximate surface area is 189 Å². The van der Waals surface area contributed by atoms with Gasteiger partial charge in [0.1, 0.15) is 5.41 Å². The van der Waals surface area contributed by atoms with Crippen LogP contribution >= 0.6 is 11.3 Å². The Kier molecular flexibility index (Phi) is 4.39. The van der Waals surface area contributed by atoms with Crippen molar-refractivity contribution >= 4 is 33.3 Å². The van der Waals surface area contributed by atoms with Crippen LogP contribution in [0.3, 0.4) is 0 Å². The highest BCUT2D eigenvalue weighted by atomic mass is 32.1. The summed E-state index contributed by atoms with van der Waals surface area (Å²) in [7, 11) is 1.74. The standard InChI is InChI=1S/C23H24N6O2S/c1-13-9-28(22(30)23(13,11-24)15-3-4-15)21-20-19(25-12-32-20)7-18(27-21)14-8-26-29(10-14)16-5-17(6-16)31-2/h7-8,10,12-13,15-17H,3-6,9H2,1-2H3/t13-,16?,17?,23+/m1/s1. The number of amides is 1. The van der Waals surface area contributed by atoms with Gasteiger partial charge in [0.15, 0.2) is 5.82 Å². The highest BCUT2D eigenvalue weighted by Crippen LogP contribution is 2.55. The number of rotatable bonds is 5. The predicted octanol–water partition coefficient (Wildman–Crippen LogP) is 3.81. The lowest BCUT2D eigenvalue weighted by molar-refractivity contribution is -0.124. The van der Waals surface area contributed by atoms with Crippen molar-refractivity contribution in [2.24, 2.45) is 17.3 Å². The molecule has 0 radical (unpaired) electrons. The van der Waals surface area contributed by atoms with Gasteiger partial charge >= 0.3 is 0 Å². The number of hydrogen-bond acceptors (Lipinski definition) is 7. The first-order valence-corrected chi connectivity index (χ1v) is 12.0. The lowest BCUT2D eigenvalue weighted by Gasteiger charge is -2.34. The first-order valence-electron chi connectivity index (χ1n) is 11.1. The van der Waals surface area contributed by atoms with Crippen LogP contribution in [0.5, 0.6) is 0 Å². The number of anilines is 1. The monoisotopic (exact) mass is 448 g/mol. The van der Waals surface area contributed by atoms with Crippen LogP contribution in [-0.4, -0.2) is 45.4 Å². The molecule has 6 rings (SSSR count). The molecule has 1 amide bonds. The predicted molar refractivity (Wildman–Crippen MR) is 120 cm³/mol. The Hall–Kier alpha value is -2.83. The van der Waals surface area contributed by atoms with Crippen LogP contribution in [0.1, 0.15) is 38.6 Å². The molecule has 0 spiro atoms. The van der Waals surface area contributed by atoms with Gasteiger partial charge < -0.3 is 4.74 Å². The van der Waals surface area contributed by atoms with E-state index in [2.05, 4.69) is 16.2 Å². The third kappa shape index (κ3) is 2.76. The van der Waals surface area contributed by atoms with Gasteiger partial charge in [0.2, 0.25) is 5.91 Å². The summed E-state index contributed by atoms with van der Waals surface area (Å²) in [6.07, 6.45) is 7.95. The number of pyridine rings is 1. The van der Waals surface area contributed by atoms with Crippen molar-refractivity contribution in [2.45, 2.75) is 44.8 Å². The fraction of sp³-hybridized carbons (Fsp3) is 0.522. The summed E-state index contributed by atoms with van der Waals surface area (Å²) in [6.45, 7) is 2.52. The molecule has 9 heteroatoms. The number of fused-ring (bicyclic) bond motifs is 1. The van der Waals surface area contributed by atoms with Gasteiger partial charge in [0, 0.05) is 31.3 Å². The molecular weight excluding hydrogens is 424 g/mol. The average molecular weight is 449 g/mol. The molecule has 0 bridgehead atoms. The SMILES string of the molecule is COC1CC(n2cc(-c3cc4ncsc4c(N4C[C@@H](C)[C@@](C#N)(C5CC5)C4=O)n3)cn2)C1. The molecule has 164 valence electrons. The highest BCUT2D eigenvalue weighted by molar-refractivity contribution is 7.17. The van der Waals surface area contributed by atoms with Gasteiger partial charge in [-0.1, -0.05) is 6.92 Å². The van der Waals surface area contributed by atoms with E-state index >= 15 is 0 Å². The molecule has 3 aromatic rings. The minimum atomic E-state index is -0.929. The molecule has 4 heterocycles. The molecule has 2 saturated carbocycles. The number of carbonyl (C=O) groups is 1.